The van der Waals surface area contributed by atoms with Crippen molar-refractivity contribution in [3.63, 3.8) is 0 Å². The smallest absolute Gasteiger partial charge is 0.316 e. The molecule has 1 fully saturated rings. The van der Waals surface area contributed by atoms with Crippen LogP contribution in [-0.2, 0) is 19.7 Å². The van der Waals surface area contributed by atoms with Gasteiger partial charge >= 0.3 is 5.97 Å². The first kappa shape index (κ1) is 14.3. The molecule has 4 heteroatoms. The van der Waals surface area contributed by atoms with Gasteiger partial charge in [0.25, 0.3) is 0 Å². The van der Waals surface area contributed by atoms with Crippen molar-refractivity contribution >= 4 is 11.8 Å². The van der Waals surface area contributed by atoms with E-state index < -0.39 is 17.3 Å². The van der Waals surface area contributed by atoms with E-state index >= 15 is 0 Å². The monoisotopic (exact) mass is 271 g/mol. The highest BCUT2D eigenvalue weighted by Crippen LogP contribution is 2.41. The lowest BCUT2D eigenvalue weighted by atomic mass is 9.65. The topological polar surface area (TPSA) is 67.2 Å². The molecule has 0 spiro atoms. The van der Waals surface area contributed by atoms with Crippen molar-refractivity contribution in [1.82, 2.24) is 0 Å². The second-order valence-corrected chi connectivity index (χ2v) is 5.26. The molecule has 1 aromatic rings. The van der Waals surface area contributed by atoms with E-state index in [1.807, 2.05) is 31.2 Å². The fraction of sp³-hybridized carbons (Fsp3) is 0.438. The van der Waals surface area contributed by atoms with Crippen molar-refractivity contribution in [2.75, 3.05) is 7.11 Å². The van der Waals surface area contributed by atoms with E-state index in [0.29, 0.717) is 6.42 Å². The Kier molecular flexibility index (Phi) is 3.89. The molecule has 0 N–H and O–H groups in total. The molecule has 0 radical (unpaired) electrons. The summed E-state index contributed by atoms with van der Waals surface area (Å²) in [5.41, 5.74) is 1.13. The van der Waals surface area contributed by atoms with E-state index in [0.717, 1.165) is 11.1 Å². The van der Waals surface area contributed by atoms with Gasteiger partial charge in [0.15, 0.2) is 0 Å². The fourth-order valence-corrected chi connectivity index (χ4v) is 2.95. The van der Waals surface area contributed by atoms with E-state index in [1.165, 1.54) is 7.11 Å². The Bertz CT molecular complexity index is 580. The second-order valence-electron chi connectivity index (χ2n) is 5.26. The molecule has 0 amide bonds. The summed E-state index contributed by atoms with van der Waals surface area (Å²) in [7, 11) is 1.27. The third-order valence-electron chi connectivity index (χ3n) is 4.10. The number of nitriles is 1. The molecular formula is C16H17NO3. The van der Waals surface area contributed by atoms with Gasteiger partial charge in [-0.3, -0.25) is 9.59 Å². The van der Waals surface area contributed by atoms with Crippen molar-refractivity contribution in [2.45, 2.75) is 31.6 Å². The molecule has 2 rings (SSSR count). The summed E-state index contributed by atoms with van der Waals surface area (Å²) in [5, 5.41) is 9.66. The molecule has 0 aromatic heterocycles. The molecule has 1 saturated carbocycles. The third-order valence-corrected chi connectivity index (χ3v) is 4.10. The molecule has 1 aliphatic rings. The Labute approximate surface area is 118 Å². The van der Waals surface area contributed by atoms with Gasteiger partial charge in [-0.1, -0.05) is 24.3 Å². The summed E-state index contributed by atoms with van der Waals surface area (Å²) in [4.78, 5) is 23.6. The van der Waals surface area contributed by atoms with Crippen LogP contribution in [0.25, 0.3) is 0 Å². The molecule has 0 bridgehead atoms. The number of ether oxygens (including phenoxy) is 1. The van der Waals surface area contributed by atoms with Crippen LogP contribution in [0.1, 0.15) is 30.4 Å². The Morgan fingerprint density at radius 3 is 2.75 bits per heavy atom. The lowest BCUT2D eigenvalue weighted by Gasteiger charge is -2.35. The Morgan fingerprint density at radius 2 is 2.15 bits per heavy atom. The molecule has 1 aliphatic carbocycles. The van der Waals surface area contributed by atoms with E-state index in [1.54, 1.807) is 0 Å². The van der Waals surface area contributed by atoms with Crippen LogP contribution in [-0.4, -0.2) is 18.9 Å². The summed E-state index contributed by atoms with van der Waals surface area (Å²) in [6.07, 6.45) is 0.905. The number of benzene rings is 1. The van der Waals surface area contributed by atoms with Gasteiger partial charge in [0.1, 0.15) is 11.7 Å². The SMILES string of the molecule is COC(=O)[C@@H]1C[C@](C#N)(c2ccccc2C)CCC1=O. The number of nitrogens with zero attached hydrogens (tertiary/aromatic N) is 1. The van der Waals surface area contributed by atoms with Gasteiger partial charge in [-0.2, -0.15) is 5.26 Å². The number of methoxy groups -OCH3 is 1. The summed E-state index contributed by atoms with van der Waals surface area (Å²) in [6, 6.07) is 9.98. The zero-order valence-electron chi connectivity index (χ0n) is 11.7. The van der Waals surface area contributed by atoms with E-state index in [4.69, 9.17) is 4.74 Å². The van der Waals surface area contributed by atoms with Gasteiger partial charge in [0.2, 0.25) is 0 Å². The maximum atomic E-state index is 11.9. The molecule has 0 heterocycles. The Hall–Kier alpha value is -2.15. The minimum Gasteiger partial charge on any atom is -0.468 e. The Balaban J connectivity index is 2.43. The van der Waals surface area contributed by atoms with Gasteiger partial charge < -0.3 is 4.74 Å². The molecule has 4 nitrogen and oxygen atoms in total. The largest absolute Gasteiger partial charge is 0.468 e. The van der Waals surface area contributed by atoms with Crippen LogP contribution in [0.4, 0.5) is 0 Å². The maximum absolute atomic E-state index is 11.9. The summed E-state index contributed by atoms with van der Waals surface area (Å²) in [6.45, 7) is 1.94. The number of rotatable bonds is 2. The third kappa shape index (κ3) is 2.32. The van der Waals surface area contributed by atoms with E-state index in [9.17, 15) is 14.9 Å². The van der Waals surface area contributed by atoms with Crippen molar-refractivity contribution in [2.24, 2.45) is 5.92 Å². The molecule has 20 heavy (non-hydrogen) atoms. The average molecular weight is 271 g/mol. The Morgan fingerprint density at radius 1 is 1.45 bits per heavy atom. The van der Waals surface area contributed by atoms with Crippen LogP contribution in [0.2, 0.25) is 0 Å². The second kappa shape index (κ2) is 5.46. The maximum Gasteiger partial charge on any atom is 0.316 e. The highest BCUT2D eigenvalue weighted by Gasteiger charge is 2.45. The van der Waals surface area contributed by atoms with Gasteiger partial charge in [-0.25, -0.2) is 0 Å². The van der Waals surface area contributed by atoms with Crippen molar-refractivity contribution in [3.05, 3.63) is 35.4 Å². The zero-order valence-corrected chi connectivity index (χ0v) is 11.7. The first-order valence-electron chi connectivity index (χ1n) is 6.62. The van der Waals surface area contributed by atoms with Crippen molar-refractivity contribution < 1.29 is 14.3 Å². The van der Waals surface area contributed by atoms with Crippen LogP contribution in [0.15, 0.2) is 24.3 Å². The van der Waals surface area contributed by atoms with Gasteiger partial charge in [-0.15, -0.1) is 0 Å². The van der Waals surface area contributed by atoms with Crippen LogP contribution in [0, 0.1) is 24.2 Å². The van der Waals surface area contributed by atoms with Crippen LogP contribution < -0.4 is 0 Å². The first-order valence-corrected chi connectivity index (χ1v) is 6.62. The predicted molar refractivity (Wildman–Crippen MR) is 72.8 cm³/mol. The zero-order chi connectivity index (χ0) is 14.8. The molecule has 0 saturated heterocycles. The minimum absolute atomic E-state index is 0.128. The fourth-order valence-electron chi connectivity index (χ4n) is 2.95. The summed E-state index contributed by atoms with van der Waals surface area (Å²) < 4.78 is 4.69. The van der Waals surface area contributed by atoms with Gasteiger partial charge in [0.05, 0.1) is 18.6 Å². The molecule has 0 aliphatic heterocycles. The van der Waals surface area contributed by atoms with Gasteiger partial charge in [-0.05, 0) is 30.9 Å². The number of ketones is 1. The highest BCUT2D eigenvalue weighted by atomic mass is 16.5. The lowest BCUT2D eigenvalue weighted by molar-refractivity contribution is -0.151. The van der Waals surface area contributed by atoms with Crippen LogP contribution >= 0.6 is 0 Å². The number of esters is 1. The number of hydrogen-bond donors (Lipinski definition) is 0. The summed E-state index contributed by atoms with van der Waals surface area (Å²) >= 11 is 0. The van der Waals surface area contributed by atoms with Crippen LogP contribution in [0.5, 0.6) is 0 Å². The molecule has 104 valence electrons. The van der Waals surface area contributed by atoms with Crippen molar-refractivity contribution in [1.29, 1.82) is 5.26 Å². The lowest BCUT2D eigenvalue weighted by Crippen LogP contribution is -2.40. The quantitative estimate of drug-likeness (QED) is 0.611. The van der Waals surface area contributed by atoms with E-state index in [2.05, 4.69) is 6.07 Å². The normalized spacial score (nSPS) is 25.9. The highest BCUT2D eigenvalue weighted by molar-refractivity contribution is 6.00. The number of carbonyl (C=O) groups excluding carboxylic acids is 2. The molecule has 2 atom stereocenters. The predicted octanol–water partition coefficient (Wildman–Crippen LogP) is 2.30. The molecular weight excluding hydrogens is 254 g/mol. The number of Topliss-reactive ketones (excluding diaryl/α,β-unsaturated/α-hetero) is 1. The number of aryl methyl sites for hydroxylation is 1. The minimum atomic E-state index is -0.826. The standard InChI is InChI=1S/C16H17NO3/c1-11-5-3-4-6-13(11)16(10-17)8-7-14(18)12(9-16)15(19)20-2/h3-6,12H,7-9H2,1-2H3/t12-,16-/m1/s1. The van der Waals surface area contributed by atoms with Crippen molar-refractivity contribution in [3.8, 4) is 6.07 Å². The first-order chi connectivity index (χ1) is 9.54. The number of hydrogen-bond acceptors (Lipinski definition) is 4. The number of carbonyl (C=O) groups is 2. The average Bonchev–Trinajstić information content (AvgIpc) is 2.48. The molecule has 0 unspecified atom stereocenters. The van der Waals surface area contributed by atoms with Crippen LogP contribution in [0.3, 0.4) is 0 Å². The van der Waals surface area contributed by atoms with Gasteiger partial charge in [0, 0.05) is 6.42 Å². The molecule has 1 aromatic carbocycles. The van der Waals surface area contributed by atoms with E-state index in [-0.39, 0.29) is 18.6 Å². The summed E-state index contributed by atoms with van der Waals surface area (Å²) in [5.74, 6) is -1.49.